The minimum absolute atomic E-state index is 0.113. The minimum Gasteiger partial charge on any atom is -0.497 e. The largest absolute Gasteiger partial charge is 0.497 e. The molecule has 1 heterocycles. The van der Waals surface area contributed by atoms with E-state index in [9.17, 15) is 8.42 Å². The summed E-state index contributed by atoms with van der Waals surface area (Å²) in [6.07, 6.45) is 1.42. The molecule has 0 amide bonds. The van der Waals surface area contributed by atoms with Gasteiger partial charge >= 0.3 is 0 Å². The molecule has 2 rings (SSSR count). The van der Waals surface area contributed by atoms with Crippen molar-refractivity contribution in [2.45, 2.75) is 23.8 Å². The van der Waals surface area contributed by atoms with E-state index < -0.39 is 10.0 Å². The van der Waals surface area contributed by atoms with E-state index in [1.54, 1.807) is 24.3 Å². The predicted octanol–water partition coefficient (Wildman–Crippen LogP) is 0.807. The first-order chi connectivity index (χ1) is 8.54. The Kier molecular flexibility index (Phi) is 3.89. The van der Waals surface area contributed by atoms with E-state index in [4.69, 9.17) is 10.5 Å². The number of sulfonamides is 1. The molecule has 0 radical (unpaired) electrons. The van der Waals surface area contributed by atoms with Gasteiger partial charge in [0, 0.05) is 25.2 Å². The van der Waals surface area contributed by atoms with E-state index in [0.717, 1.165) is 0 Å². The van der Waals surface area contributed by atoms with Crippen molar-refractivity contribution in [2.75, 3.05) is 20.2 Å². The second-order valence-electron chi connectivity index (χ2n) is 4.42. The number of benzene rings is 1. The maximum atomic E-state index is 12.4. The van der Waals surface area contributed by atoms with Crippen molar-refractivity contribution in [2.24, 2.45) is 5.73 Å². The van der Waals surface area contributed by atoms with Gasteiger partial charge in [-0.2, -0.15) is 4.31 Å². The van der Waals surface area contributed by atoms with Crippen LogP contribution in [0.3, 0.4) is 0 Å². The number of piperidine rings is 1. The summed E-state index contributed by atoms with van der Waals surface area (Å²) in [5, 5.41) is 0. The summed E-state index contributed by atoms with van der Waals surface area (Å²) in [7, 11) is -1.90. The number of methoxy groups -OCH3 is 1. The van der Waals surface area contributed by atoms with Crippen LogP contribution < -0.4 is 10.5 Å². The van der Waals surface area contributed by atoms with E-state index in [0.29, 0.717) is 31.7 Å². The lowest BCUT2D eigenvalue weighted by molar-refractivity contribution is 0.320. The molecule has 1 saturated heterocycles. The first kappa shape index (κ1) is 13.3. The molecule has 1 aliphatic heterocycles. The molecule has 0 unspecified atom stereocenters. The molecule has 1 aromatic rings. The Morgan fingerprint density at radius 2 is 2.00 bits per heavy atom. The Balaban J connectivity index is 2.24. The highest BCUT2D eigenvalue weighted by Crippen LogP contribution is 2.23. The highest BCUT2D eigenvalue weighted by Gasteiger charge is 2.28. The van der Waals surface area contributed by atoms with E-state index in [-0.39, 0.29) is 10.9 Å². The summed E-state index contributed by atoms with van der Waals surface area (Å²) < 4.78 is 31.3. The molecule has 1 fully saturated rings. The Morgan fingerprint density at radius 3 is 2.61 bits per heavy atom. The van der Waals surface area contributed by atoms with Gasteiger partial charge in [-0.05, 0) is 25.0 Å². The first-order valence-electron chi connectivity index (χ1n) is 5.94. The van der Waals surface area contributed by atoms with E-state index in [1.807, 2.05) is 0 Å². The highest BCUT2D eigenvalue weighted by atomic mass is 32.2. The number of rotatable bonds is 3. The van der Waals surface area contributed by atoms with Crippen LogP contribution >= 0.6 is 0 Å². The lowest BCUT2D eigenvalue weighted by Crippen LogP contribution is -2.42. The third kappa shape index (κ3) is 2.66. The average molecular weight is 270 g/mol. The fraction of sp³-hybridized carbons (Fsp3) is 0.500. The maximum Gasteiger partial charge on any atom is 0.243 e. The van der Waals surface area contributed by atoms with Gasteiger partial charge in [0.15, 0.2) is 0 Å². The number of hydrogen-bond donors (Lipinski definition) is 1. The van der Waals surface area contributed by atoms with Crippen molar-refractivity contribution in [1.82, 2.24) is 4.31 Å². The molecule has 0 spiro atoms. The van der Waals surface area contributed by atoms with Gasteiger partial charge in [-0.3, -0.25) is 0 Å². The van der Waals surface area contributed by atoms with Gasteiger partial charge in [0.1, 0.15) is 5.75 Å². The third-order valence-corrected chi connectivity index (χ3v) is 5.07. The van der Waals surface area contributed by atoms with Crippen LogP contribution in [0.5, 0.6) is 5.75 Å². The lowest BCUT2D eigenvalue weighted by atomic mass is 10.1. The van der Waals surface area contributed by atoms with Crippen molar-refractivity contribution in [3.63, 3.8) is 0 Å². The summed E-state index contributed by atoms with van der Waals surface area (Å²) in [5.41, 5.74) is 5.78. The van der Waals surface area contributed by atoms with Gasteiger partial charge in [0.2, 0.25) is 10.0 Å². The molecule has 0 bridgehead atoms. The second kappa shape index (κ2) is 5.26. The normalized spacial score (nSPS) is 18.8. The summed E-state index contributed by atoms with van der Waals surface area (Å²) in [6, 6.07) is 6.66. The zero-order valence-corrected chi connectivity index (χ0v) is 11.2. The zero-order chi connectivity index (χ0) is 13.2. The predicted molar refractivity (Wildman–Crippen MR) is 69.0 cm³/mol. The van der Waals surface area contributed by atoms with Crippen LogP contribution in [0.1, 0.15) is 12.8 Å². The highest BCUT2D eigenvalue weighted by molar-refractivity contribution is 7.89. The number of nitrogens with two attached hydrogens (primary N) is 1. The fourth-order valence-corrected chi connectivity index (χ4v) is 3.53. The molecule has 0 atom stereocenters. The number of ether oxygens (including phenoxy) is 1. The van der Waals surface area contributed by atoms with Gasteiger partial charge in [0.25, 0.3) is 0 Å². The molecule has 6 heteroatoms. The molecule has 0 aliphatic carbocycles. The Hall–Kier alpha value is -1.11. The lowest BCUT2D eigenvalue weighted by Gasteiger charge is -2.29. The molecule has 1 aromatic carbocycles. The zero-order valence-electron chi connectivity index (χ0n) is 10.4. The topological polar surface area (TPSA) is 72.6 Å². The maximum absolute atomic E-state index is 12.4. The van der Waals surface area contributed by atoms with E-state index >= 15 is 0 Å². The molecule has 1 aliphatic rings. The third-order valence-electron chi connectivity index (χ3n) is 3.18. The van der Waals surface area contributed by atoms with Crippen LogP contribution in [0.2, 0.25) is 0 Å². The van der Waals surface area contributed by atoms with Crippen molar-refractivity contribution in [3.05, 3.63) is 24.3 Å². The number of nitrogens with zero attached hydrogens (tertiary/aromatic N) is 1. The van der Waals surface area contributed by atoms with Crippen LogP contribution in [0.15, 0.2) is 29.2 Å². The monoisotopic (exact) mass is 270 g/mol. The molecule has 0 saturated carbocycles. The van der Waals surface area contributed by atoms with Crippen LogP contribution in [0.25, 0.3) is 0 Å². The van der Waals surface area contributed by atoms with Crippen LogP contribution in [-0.4, -0.2) is 39.0 Å². The SMILES string of the molecule is COc1cccc(S(=O)(=O)N2CCC(N)CC2)c1. The second-order valence-corrected chi connectivity index (χ2v) is 6.36. The first-order valence-corrected chi connectivity index (χ1v) is 7.38. The Labute approximate surface area is 108 Å². The Morgan fingerprint density at radius 1 is 1.33 bits per heavy atom. The van der Waals surface area contributed by atoms with Gasteiger partial charge in [-0.1, -0.05) is 6.07 Å². The molecule has 0 aromatic heterocycles. The molecule has 2 N–H and O–H groups in total. The van der Waals surface area contributed by atoms with Crippen molar-refractivity contribution in [3.8, 4) is 5.75 Å². The van der Waals surface area contributed by atoms with Crippen LogP contribution in [-0.2, 0) is 10.0 Å². The fourth-order valence-electron chi connectivity index (χ4n) is 2.03. The molecular formula is C12H18N2O3S. The average Bonchev–Trinajstić information content (AvgIpc) is 2.39. The minimum atomic E-state index is -3.42. The summed E-state index contributed by atoms with van der Waals surface area (Å²) >= 11 is 0. The summed E-state index contributed by atoms with van der Waals surface area (Å²) in [5.74, 6) is 0.546. The summed E-state index contributed by atoms with van der Waals surface area (Å²) in [4.78, 5) is 0.275. The van der Waals surface area contributed by atoms with Crippen molar-refractivity contribution < 1.29 is 13.2 Å². The standard InChI is InChI=1S/C12H18N2O3S/c1-17-11-3-2-4-12(9-11)18(15,16)14-7-5-10(13)6-8-14/h2-4,9-10H,5-8,13H2,1H3. The van der Waals surface area contributed by atoms with Crippen LogP contribution in [0, 0.1) is 0 Å². The molecule has 100 valence electrons. The Bertz CT molecular complexity index is 508. The van der Waals surface area contributed by atoms with Crippen molar-refractivity contribution >= 4 is 10.0 Å². The molecule has 18 heavy (non-hydrogen) atoms. The summed E-state index contributed by atoms with van der Waals surface area (Å²) in [6.45, 7) is 0.974. The van der Waals surface area contributed by atoms with E-state index in [2.05, 4.69) is 0 Å². The van der Waals surface area contributed by atoms with Gasteiger partial charge in [-0.15, -0.1) is 0 Å². The quantitative estimate of drug-likeness (QED) is 0.882. The van der Waals surface area contributed by atoms with Gasteiger partial charge in [0.05, 0.1) is 12.0 Å². The van der Waals surface area contributed by atoms with Crippen LogP contribution in [0.4, 0.5) is 0 Å². The smallest absolute Gasteiger partial charge is 0.243 e. The molecular weight excluding hydrogens is 252 g/mol. The van der Waals surface area contributed by atoms with Gasteiger partial charge < -0.3 is 10.5 Å². The van der Waals surface area contributed by atoms with E-state index in [1.165, 1.54) is 11.4 Å². The number of hydrogen-bond acceptors (Lipinski definition) is 4. The van der Waals surface area contributed by atoms with Gasteiger partial charge in [-0.25, -0.2) is 8.42 Å². The molecule has 5 nitrogen and oxygen atoms in total. The van der Waals surface area contributed by atoms with Crippen molar-refractivity contribution in [1.29, 1.82) is 0 Å².